The Morgan fingerprint density at radius 1 is 0.500 bits per heavy atom. The first kappa shape index (κ1) is 37.1. The number of nitrogens with zero attached hydrogens (tertiary/aromatic N) is 4. The lowest BCUT2D eigenvalue weighted by Crippen LogP contribution is -2.27. The number of benzene rings is 5. The Morgan fingerprint density at radius 3 is 1.82 bits per heavy atom. The van der Waals surface area contributed by atoms with Crippen molar-refractivity contribution in [3.8, 4) is 17.3 Å². The van der Waals surface area contributed by atoms with Gasteiger partial charge in [0.05, 0.1) is 17.7 Å². The Balaban J connectivity index is 1.13. The minimum atomic E-state index is -0.0866. The summed E-state index contributed by atoms with van der Waals surface area (Å²) in [5.74, 6) is 2.51. The van der Waals surface area contributed by atoms with Crippen molar-refractivity contribution in [3.63, 3.8) is 0 Å². The van der Waals surface area contributed by atoms with Crippen LogP contribution in [0.15, 0.2) is 145 Å². The molecule has 0 bridgehead atoms. The molecule has 0 saturated carbocycles. The van der Waals surface area contributed by atoms with E-state index in [1.165, 1.54) is 50.1 Å². The molecular weight excluding hydrogens is 685 g/mol. The molecule has 0 aliphatic carbocycles. The highest BCUT2D eigenvalue weighted by atomic mass is 16.5. The molecule has 0 saturated heterocycles. The van der Waals surface area contributed by atoms with Crippen LogP contribution in [0.25, 0.3) is 27.6 Å². The summed E-state index contributed by atoms with van der Waals surface area (Å²) in [6, 6.07) is 45.9. The molecule has 0 amide bonds. The number of allylic oxidation sites excluding steroid dienone is 2. The third kappa shape index (κ3) is 6.74. The monoisotopic (exact) mass is 738 g/mol. The molecule has 0 unspecified atom stereocenters. The van der Waals surface area contributed by atoms with Gasteiger partial charge >= 0.3 is 0 Å². The number of rotatable bonds is 7. The Kier molecular flexibility index (Phi) is 9.11. The lowest BCUT2D eigenvalue weighted by Gasteiger charge is -2.28. The Bertz CT molecular complexity index is 2600. The first-order valence-corrected chi connectivity index (χ1v) is 19.8. The van der Waals surface area contributed by atoms with Gasteiger partial charge < -0.3 is 14.5 Å². The maximum atomic E-state index is 6.85. The first-order valence-electron chi connectivity index (χ1n) is 19.8. The van der Waals surface area contributed by atoms with E-state index in [9.17, 15) is 0 Å². The molecule has 0 spiro atoms. The molecule has 1 aliphatic heterocycles. The van der Waals surface area contributed by atoms with E-state index < -0.39 is 0 Å². The number of anilines is 2. The van der Waals surface area contributed by atoms with Crippen molar-refractivity contribution >= 4 is 33.2 Å². The van der Waals surface area contributed by atoms with Crippen molar-refractivity contribution in [1.29, 1.82) is 0 Å². The molecule has 0 N–H and O–H groups in total. The highest BCUT2D eigenvalue weighted by molar-refractivity contribution is 6.09. The number of hydrogen-bond donors (Lipinski definition) is 0. The van der Waals surface area contributed by atoms with Crippen molar-refractivity contribution in [3.05, 3.63) is 167 Å². The van der Waals surface area contributed by atoms with E-state index in [1.807, 2.05) is 6.20 Å². The number of aromatic nitrogens is 2. The van der Waals surface area contributed by atoms with Gasteiger partial charge in [0, 0.05) is 57.3 Å². The van der Waals surface area contributed by atoms with Gasteiger partial charge in [-0.15, -0.1) is 0 Å². The second-order valence-electron chi connectivity index (χ2n) is 18.0. The third-order valence-electron chi connectivity index (χ3n) is 11.8. The molecule has 5 nitrogen and oxygen atoms in total. The van der Waals surface area contributed by atoms with Crippen LogP contribution in [0.2, 0.25) is 0 Å². The minimum Gasteiger partial charge on any atom is -0.457 e. The SMILES string of the molecule is CC1=C(C)N(c2cc(Oc3ccc4c5ccccc5n(-c5cc(C(C)(C)C)ccn5)c4c3)cc(C(C)(C)C)c2)CN1c1ccc(C(C)(C)c2ccccc2)cc1. The average Bonchev–Trinajstić information content (AvgIpc) is 3.67. The fourth-order valence-corrected chi connectivity index (χ4v) is 8.01. The van der Waals surface area contributed by atoms with E-state index in [-0.39, 0.29) is 16.2 Å². The quantitative estimate of drug-likeness (QED) is 0.163. The molecule has 1 aliphatic rings. The molecule has 0 radical (unpaired) electrons. The predicted octanol–water partition coefficient (Wildman–Crippen LogP) is 13.4. The molecule has 5 heteroatoms. The fraction of sp³-hybridized carbons (Fsp3) is 0.275. The van der Waals surface area contributed by atoms with Gasteiger partial charge in [-0.25, -0.2) is 4.98 Å². The largest absolute Gasteiger partial charge is 0.457 e. The highest BCUT2D eigenvalue weighted by Gasteiger charge is 2.29. The molecule has 0 atom stereocenters. The minimum absolute atomic E-state index is 0.00328. The second kappa shape index (κ2) is 13.7. The summed E-state index contributed by atoms with van der Waals surface area (Å²) in [6.45, 7) is 23.3. The van der Waals surface area contributed by atoms with Crippen molar-refractivity contribution in [2.24, 2.45) is 0 Å². The summed E-state index contributed by atoms with van der Waals surface area (Å²) in [5.41, 5.74) is 11.9. The standard InChI is InChI=1S/C51H54N4O/c1-34-35(2)54(33-53(34)40-22-20-37(21-23-40)51(9,10)36-16-12-11-13-17-36)41-28-39(50(6,7)8)29-43(31-41)56-42-24-25-45-44-18-14-15-19-46(44)55(47(45)32-42)48-30-38(26-27-52-48)49(3,4)5/h11-32H,33H2,1-10H3. The van der Waals surface area contributed by atoms with Crippen LogP contribution < -0.4 is 14.5 Å². The van der Waals surface area contributed by atoms with Crippen LogP contribution >= 0.6 is 0 Å². The predicted molar refractivity (Wildman–Crippen MR) is 236 cm³/mol. The van der Waals surface area contributed by atoms with E-state index >= 15 is 0 Å². The molecule has 3 heterocycles. The lowest BCUT2D eigenvalue weighted by molar-refractivity contribution is 0.479. The zero-order chi connectivity index (χ0) is 39.6. The Morgan fingerprint density at radius 2 is 1.12 bits per heavy atom. The van der Waals surface area contributed by atoms with E-state index in [1.54, 1.807) is 0 Å². The Hall–Kier alpha value is -5.81. The maximum absolute atomic E-state index is 6.85. The molecule has 284 valence electrons. The molecule has 2 aromatic heterocycles. The van der Waals surface area contributed by atoms with Gasteiger partial charge in [0.25, 0.3) is 0 Å². The van der Waals surface area contributed by atoms with E-state index in [0.29, 0.717) is 0 Å². The highest BCUT2D eigenvalue weighted by Crippen LogP contribution is 2.41. The van der Waals surface area contributed by atoms with Crippen LogP contribution in [0.3, 0.4) is 0 Å². The summed E-state index contributed by atoms with van der Waals surface area (Å²) in [7, 11) is 0. The number of pyridine rings is 1. The summed E-state index contributed by atoms with van der Waals surface area (Å²) in [5, 5.41) is 2.37. The molecule has 5 aromatic carbocycles. The smallest absolute Gasteiger partial charge is 0.137 e. The summed E-state index contributed by atoms with van der Waals surface area (Å²) >= 11 is 0. The third-order valence-corrected chi connectivity index (χ3v) is 11.8. The molecule has 8 rings (SSSR count). The van der Waals surface area contributed by atoms with Crippen molar-refractivity contribution in [2.45, 2.75) is 85.5 Å². The van der Waals surface area contributed by atoms with Gasteiger partial charge in [-0.1, -0.05) is 116 Å². The second-order valence-corrected chi connectivity index (χ2v) is 18.0. The van der Waals surface area contributed by atoms with Crippen molar-refractivity contribution in [2.75, 3.05) is 16.5 Å². The van der Waals surface area contributed by atoms with Crippen LogP contribution in [0.1, 0.15) is 91.5 Å². The Labute approximate surface area is 332 Å². The maximum Gasteiger partial charge on any atom is 0.137 e. The van der Waals surface area contributed by atoms with Gasteiger partial charge in [-0.05, 0) is 102 Å². The molecule has 56 heavy (non-hydrogen) atoms. The fourth-order valence-electron chi connectivity index (χ4n) is 8.01. The number of hydrogen-bond acceptors (Lipinski definition) is 4. The zero-order valence-electron chi connectivity index (χ0n) is 34.6. The van der Waals surface area contributed by atoms with Gasteiger partial charge in [0.2, 0.25) is 0 Å². The number of para-hydroxylation sites is 1. The van der Waals surface area contributed by atoms with Crippen LogP contribution in [0, 0.1) is 0 Å². The normalized spacial score (nSPS) is 14.0. The van der Waals surface area contributed by atoms with Gasteiger partial charge in [0.15, 0.2) is 0 Å². The molecule has 7 aromatic rings. The van der Waals surface area contributed by atoms with E-state index in [4.69, 9.17) is 9.72 Å². The summed E-state index contributed by atoms with van der Waals surface area (Å²) in [6.07, 6.45) is 1.93. The van der Waals surface area contributed by atoms with Gasteiger partial charge in [-0.3, -0.25) is 4.57 Å². The van der Waals surface area contributed by atoms with Crippen LogP contribution in [-0.2, 0) is 16.2 Å². The number of fused-ring (bicyclic) bond motifs is 3. The van der Waals surface area contributed by atoms with Crippen LogP contribution in [-0.4, -0.2) is 16.2 Å². The van der Waals surface area contributed by atoms with Crippen LogP contribution in [0.4, 0.5) is 11.4 Å². The topological polar surface area (TPSA) is 33.5 Å². The van der Waals surface area contributed by atoms with Crippen LogP contribution in [0.5, 0.6) is 11.5 Å². The van der Waals surface area contributed by atoms with E-state index in [0.717, 1.165) is 40.7 Å². The number of ether oxygens (including phenoxy) is 1. The van der Waals surface area contributed by atoms with Crippen molar-refractivity contribution < 1.29 is 4.74 Å². The average molecular weight is 739 g/mol. The summed E-state index contributed by atoms with van der Waals surface area (Å²) in [4.78, 5) is 9.70. The molecule has 0 fully saturated rings. The van der Waals surface area contributed by atoms with Crippen molar-refractivity contribution in [1.82, 2.24) is 9.55 Å². The lowest BCUT2D eigenvalue weighted by atomic mass is 9.78. The first-order chi connectivity index (χ1) is 26.6. The van der Waals surface area contributed by atoms with Gasteiger partial charge in [-0.2, -0.15) is 0 Å². The zero-order valence-corrected chi connectivity index (χ0v) is 34.6. The molecular formula is C51H54N4O. The van der Waals surface area contributed by atoms with Gasteiger partial charge in [0.1, 0.15) is 17.3 Å². The summed E-state index contributed by atoms with van der Waals surface area (Å²) < 4.78 is 9.12. The van der Waals surface area contributed by atoms with E-state index in [2.05, 4.69) is 211 Å².